The van der Waals surface area contributed by atoms with Gasteiger partial charge in [-0.05, 0) is 35.4 Å². The maximum atomic E-state index is 13.2. The summed E-state index contributed by atoms with van der Waals surface area (Å²) < 4.78 is 39.4. The molecule has 0 unspecified atom stereocenters. The second-order valence-corrected chi connectivity index (χ2v) is 4.55. The number of rotatable bonds is 2. The van der Waals surface area contributed by atoms with Gasteiger partial charge in [0.15, 0.2) is 17.5 Å². The molecule has 3 rings (SSSR count). The Morgan fingerprint density at radius 1 is 0.667 bits per heavy atom. The van der Waals surface area contributed by atoms with Crippen LogP contribution in [0.3, 0.4) is 0 Å². The van der Waals surface area contributed by atoms with Crippen molar-refractivity contribution in [2.45, 2.75) is 0 Å². The molecule has 0 N–H and O–H groups in total. The Hall–Kier alpha value is -2.62. The van der Waals surface area contributed by atoms with Crippen LogP contribution in [0.15, 0.2) is 60.8 Å². The molecule has 0 spiro atoms. The molecular weight excluding hydrogens is 275 g/mol. The Labute approximate surface area is 119 Å². The number of pyridine rings is 1. The van der Waals surface area contributed by atoms with E-state index in [1.165, 1.54) is 0 Å². The molecule has 104 valence electrons. The minimum atomic E-state index is -1.45. The molecule has 1 nitrogen and oxygen atoms in total. The standard InChI is InChI=1S/C17H10F3N/c18-14-9-13(10-15(19)17(14)20)11-4-6-12(7-5-11)16-3-1-2-8-21-16/h1-10H. The van der Waals surface area contributed by atoms with Crippen molar-refractivity contribution in [3.05, 3.63) is 78.2 Å². The van der Waals surface area contributed by atoms with Crippen molar-refractivity contribution >= 4 is 0 Å². The summed E-state index contributed by atoms with van der Waals surface area (Å²) in [5, 5.41) is 0. The molecule has 0 radical (unpaired) electrons. The smallest absolute Gasteiger partial charge is 0.194 e. The van der Waals surface area contributed by atoms with Crippen LogP contribution in [0.25, 0.3) is 22.4 Å². The fourth-order valence-electron chi connectivity index (χ4n) is 2.09. The van der Waals surface area contributed by atoms with Gasteiger partial charge in [-0.1, -0.05) is 30.3 Å². The van der Waals surface area contributed by atoms with Gasteiger partial charge in [-0.25, -0.2) is 13.2 Å². The molecule has 0 fully saturated rings. The number of halogens is 3. The molecule has 0 aliphatic carbocycles. The summed E-state index contributed by atoms with van der Waals surface area (Å²) in [7, 11) is 0. The van der Waals surface area contributed by atoms with Crippen molar-refractivity contribution in [1.29, 1.82) is 0 Å². The lowest BCUT2D eigenvalue weighted by Crippen LogP contribution is -1.92. The van der Waals surface area contributed by atoms with E-state index < -0.39 is 17.5 Å². The number of nitrogens with zero attached hydrogens (tertiary/aromatic N) is 1. The molecule has 2 aromatic carbocycles. The summed E-state index contributed by atoms with van der Waals surface area (Å²) in [5.74, 6) is -3.85. The SMILES string of the molecule is Fc1cc(-c2ccc(-c3ccccn3)cc2)cc(F)c1F. The van der Waals surface area contributed by atoms with Crippen LogP contribution in [0, 0.1) is 17.5 Å². The summed E-state index contributed by atoms with van der Waals surface area (Å²) >= 11 is 0. The molecule has 0 aliphatic heterocycles. The maximum absolute atomic E-state index is 13.2. The normalized spacial score (nSPS) is 10.6. The van der Waals surface area contributed by atoms with Crippen molar-refractivity contribution in [2.24, 2.45) is 0 Å². The van der Waals surface area contributed by atoms with Gasteiger partial charge in [-0.15, -0.1) is 0 Å². The molecule has 21 heavy (non-hydrogen) atoms. The Bertz CT molecular complexity index is 745. The zero-order valence-corrected chi connectivity index (χ0v) is 10.9. The van der Waals surface area contributed by atoms with Crippen LogP contribution in [-0.4, -0.2) is 4.98 Å². The molecule has 1 aromatic heterocycles. The second-order valence-electron chi connectivity index (χ2n) is 4.55. The van der Waals surface area contributed by atoms with Crippen LogP contribution in [-0.2, 0) is 0 Å². The van der Waals surface area contributed by atoms with Gasteiger partial charge in [-0.2, -0.15) is 0 Å². The van der Waals surface area contributed by atoms with Gasteiger partial charge in [-0.3, -0.25) is 4.98 Å². The van der Waals surface area contributed by atoms with Crippen LogP contribution in [0.5, 0.6) is 0 Å². The van der Waals surface area contributed by atoms with Crippen molar-refractivity contribution in [2.75, 3.05) is 0 Å². The van der Waals surface area contributed by atoms with Crippen LogP contribution >= 0.6 is 0 Å². The highest BCUT2D eigenvalue weighted by atomic mass is 19.2. The van der Waals surface area contributed by atoms with Gasteiger partial charge < -0.3 is 0 Å². The Balaban J connectivity index is 1.98. The van der Waals surface area contributed by atoms with Crippen molar-refractivity contribution < 1.29 is 13.2 Å². The molecule has 4 heteroatoms. The number of hydrogen-bond donors (Lipinski definition) is 0. The molecule has 0 saturated carbocycles. The van der Waals surface area contributed by atoms with E-state index in [9.17, 15) is 13.2 Å². The molecule has 1 heterocycles. The van der Waals surface area contributed by atoms with E-state index in [1.54, 1.807) is 30.5 Å². The first-order valence-corrected chi connectivity index (χ1v) is 6.31. The van der Waals surface area contributed by atoms with Crippen molar-refractivity contribution in [1.82, 2.24) is 4.98 Å². The molecule has 0 atom stereocenters. The Kier molecular flexibility index (Phi) is 3.44. The zero-order valence-electron chi connectivity index (χ0n) is 10.9. The topological polar surface area (TPSA) is 12.9 Å². The Morgan fingerprint density at radius 3 is 1.86 bits per heavy atom. The van der Waals surface area contributed by atoms with Gasteiger partial charge >= 0.3 is 0 Å². The van der Waals surface area contributed by atoms with Crippen molar-refractivity contribution in [3.63, 3.8) is 0 Å². The number of hydrogen-bond acceptors (Lipinski definition) is 1. The minimum absolute atomic E-state index is 0.291. The highest BCUT2D eigenvalue weighted by molar-refractivity contribution is 5.68. The molecule has 0 bridgehead atoms. The first-order valence-electron chi connectivity index (χ1n) is 6.31. The van der Waals surface area contributed by atoms with Crippen LogP contribution in [0.2, 0.25) is 0 Å². The van der Waals surface area contributed by atoms with E-state index >= 15 is 0 Å². The monoisotopic (exact) mass is 285 g/mol. The lowest BCUT2D eigenvalue weighted by molar-refractivity contribution is 0.448. The van der Waals surface area contributed by atoms with E-state index in [0.717, 1.165) is 23.4 Å². The van der Waals surface area contributed by atoms with Gasteiger partial charge in [0.05, 0.1) is 5.69 Å². The predicted molar refractivity (Wildman–Crippen MR) is 75.0 cm³/mol. The van der Waals surface area contributed by atoms with E-state index in [1.807, 2.05) is 18.2 Å². The number of aromatic nitrogens is 1. The third-order valence-corrected chi connectivity index (χ3v) is 3.16. The lowest BCUT2D eigenvalue weighted by Gasteiger charge is -2.05. The fourth-order valence-corrected chi connectivity index (χ4v) is 2.09. The summed E-state index contributed by atoms with van der Waals surface area (Å²) in [6, 6.07) is 14.6. The summed E-state index contributed by atoms with van der Waals surface area (Å²) in [6.45, 7) is 0. The maximum Gasteiger partial charge on any atom is 0.194 e. The average Bonchev–Trinajstić information content (AvgIpc) is 2.53. The third-order valence-electron chi connectivity index (χ3n) is 3.16. The van der Waals surface area contributed by atoms with Crippen molar-refractivity contribution in [3.8, 4) is 22.4 Å². The van der Waals surface area contributed by atoms with Crippen LogP contribution in [0.4, 0.5) is 13.2 Å². The van der Waals surface area contributed by atoms with E-state index in [0.29, 0.717) is 11.1 Å². The highest BCUT2D eigenvalue weighted by Crippen LogP contribution is 2.26. The summed E-state index contributed by atoms with van der Waals surface area (Å²) in [6.07, 6.45) is 1.69. The molecular formula is C17H10F3N. The van der Waals surface area contributed by atoms with E-state index in [-0.39, 0.29) is 0 Å². The van der Waals surface area contributed by atoms with Gasteiger partial charge in [0.2, 0.25) is 0 Å². The Morgan fingerprint density at radius 2 is 1.29 bits per heavy atom. The summed E-state index contributed by atoms with van der Waals surface area (Å²) in [4.78, 5) is 4.22. The quantitative estimate of drug-likeness (QED) is 0.614. The highest BCUT2D eigenvalue weighted by Gasteiger charge is 2.11. The zero-order chi connectivity index (χ0) is 14.8. The first-order chi connectivity index (χ1) is 10.1. The molecule has 0 amide bonds. The lowest BCUT2D eigenvalue weighted by atomic mass is 10.0. The summed E-state index contributed by atoms with van der Waals surface area (Å²) in [5.41, 5.74) is 2.59. The van der Waals surface area contributed by atoms with E-state index in [2.05, 4.69) is 4.98 Å². The predicted octanol–water partition coefficient (Wildman–Crippen LogP) is 4.83. The second kappa shape index (κ2) is 5.40. The van der Waals surface area contributed by atoms with Gasteiger partial charge in [0, 0.05) is 11.8 Å². The average molecular weight is 285 g/mol. The first kappa shape index (κ1) is 13.4. The van der Waals surface area contributed by atoms with Crippen LogP contribution < -0.4 is 0 Å². The molecule has 0 aliphatic rings. The van der Waals surface area contributed by atoms with Gasteiger partial charge in [0.1, 0.15) is 0 Å². The fraction of sp³-hybridized carbons (Fsp3) is 0. The van der Waals surface area contributed by atoms with Gasteiger partial charge in [0.25, 0.3) is 0 Å². The largest absolute Gasteiger partial charge is 0.256 e. The van der Waals surface area contributed by atoms with E-state index in [4.69, 9.17) is 0 Å². The molecule has 3 aromatic rings. The van der Waals surface area contributed by atoms with Crippen LogP contribution in [0.1, 0.15) is 0 Å². The number of benzene rings is 2. The minimum Gasteiger partial charge on any atom is -0.256 e. The molecule has 0 saturated heterocycles. The third kappa shape index (κ3) is 2.65.